The van der Waals surface area contributed by atoms with Crippen molar-refractivity contribution in [2.45, 2.75) is 32.7 Å². The summed E-state index contributed by atoms with van der Waals surface area (Å²) in [6.07, 6.45) is 3.42. The van der Waals surface area contributed by atoms with Gasteiger partial charge in [0.2, 0.25) is 6.41 Å². The monoisotopic (exact) mass is 405 g/mol. The van der Waals surface area contributed by atoms with Gasteiger partial charge in [0, 0.05) is 23.8 Å². The van der Waals surface area contributed by atoms with E-state index in [1.54, 1.807) is 7.11 Å². The molecule has 0 saturated carbocycles. The Morgan fingerprint density at radius 2 is 1.85 bits per heavy atom. The molecule has 1 unspecified atom stereocenters. The number of carbonyl (C=O) groups excluding carboxylic acids is 1. The Hall–Kier alpha value is -1.81. The van der Waals surface area contributed by atoms with Gasteiger partial charge in [-0.25, -0.2) is 0 Å². The second kappa shape index (κ2) is 9.41. The molecule has 0 aliphatic rings. The number of halogens is 2. The van der Waals surface area contributed by atoms with Gasteiger partial charge >= 0.3 is 0 Å². The topological polar surface area (TPSA) is 38.3 Å². The van der Waals surface area contributed by atoms with Crippen molar-refractivity contribution in [1.82, 2.24) is 5.32 Å². The fraction of sp³-hybridized carbons (Fsp3) is 0.318. The van der Waals surface area contributed by atoms with Gasteiger partial charge in [-0.3, -0.25) is 4.79 Å². The van der Waals surface area contributed by atoms with Crippen LogP contribution in [0, 0.1) is 6.92 Å². The third kappa shape index (κ3) is 5.58. The summed E-state index contributed by atoms with van der Waals surface area (Å²) < 4.78 is 5.17. The highest BCUT2D eigenvalue weighted by Gasteiger charge is 2.22. The van der Waals surface area contributed by atoms with E-state index >= 15 is 0 Å². The SMILES string of the molecule is COCCC(C)(/C=C(\C)c1c(C)cc(-c2ccc(Cl)cc2)cc1Cl)NC=O. The number of carbonyl (C=O) groups is 1. The van der Waals surface area contributed by atoms with Crippen LogP contribution < -0.4 is 5.32 Å². The molecule has 1 N–H and O–H groups in total. The van der Waals surface area contributed by atoms with Crippen LogP contribution in [0.2, 0.25) is 10.0 Å². The van der Waals surface area contributed by atoms with Crippen LogP contribution in [-0.4, -0.2) is 25.7 Å². The highest BCUT2D eigenvalue weighted by atomic mass is 35.5. The van der Waals surface area contributed by atoms with E-state index in [0.717, 1.165) is 34.2 Å². The first kappa shape index (κ1) is 21.5. The van der Waals surface area contributed by atoms with Crippen LogP contribution in [0.3, 0.4) is 0 Å². The number of hydrogen-bond acceptors (Lipinski definition) is 2. The number of nitrogens with one attached hydrogen (secondary N) is 1. The molecule has 3 nitrogen and oxygen atoms in total. The largest absolute Gasteiger partial charge is 0.385 e. The van der Waals surface area contributed by atoms with Crippen LogP contribution >= 0.6 is 23.2 Å². The van der Waals surface area contributed by atoms with Gasteiger partial charge in [0.15, 0.2) is 0 Å². The molecule has 0 aliphatic heterocycles. The van der Waals surface area contributed by atoms with Gasteiger partial charge in [0.1, 0.15) is 0 Å². The maximum absolute atomic E-state index is 11.0. The standard InChI is InChI=1S/C22H25Cl2NO2/c1-15-11-18(17-5-7-19(23)8-6-17)12-20(24)21(15)16(2)13-22(3,25-14-26)9-10-27-4/h5-8,11-14H,9-10H2,1-4H3,(H,25,26)/b16-13+. The number of ether oxygens (including phenoxy) is 1. The average Bonchev–Trinajstić information content (AvgIpc) is 2.60. The molecule has 0 heterocycles. The van der Waals surface area contributed by atoms with E-state index in [1.165, 1.54) is 0 Å². The van der Waals surface area contributed by atoms with Crippen molar-refractivity contribution in [1.29, 1.82) is 0 Å². The first-order valence-electron chi connectivity index (χ1n) is 8.76. The summed E-state index contributed by atoms with van der Waals surface area (Å²) in [5, 5.41) is 4.26. The van der Waals surface area contributed by atoms with Crippen LogP contribution in [-0.2, 0) is 9.53 Å². The Kier molecular flexibility index (Phi) is 7.49. The average molecular weight is 406 g/mol. The molecule has 2 aromatic carbocycles. The smallest absolute Gasteiger partial charge is 0.207 e. The molecule has 0 bridgehead atoms. The summed E-state index contributed by atoms with van der Waals surface area (Å²) in [6, 6.07) is 11.8. The normalized spacial score (nSPS) is 13.9. The molecule has 0 radical (unpaired) electrons. The van der Waals surface area contributed by atoms with Crippen molar-refractivity contribution in [3.8, 4) is 11.1 Å². The minimum atomic E-state index is -0.507. The Labute approximate surface area is 171 Å². The summed E-state index contributed by atoms with van der Waals surface area (Å²) >= 11 is 12.6. The van der Waals surface area contributed by atoms with Gasteiger partial charge in [0.05, 0.1) is 5.54 Å². The van der Waals surface area contributed by atoms with Crippen LogP contribution in [0.25, 0.3) is 16.7 Å². The fourth-order valence-corrected chi connectivity index (χ4v) is 3.78. The summed E-state index contributed by atoms with van der Waals surface area (Å²) in [4.78, 5) is 11.0. The number of amides is 1. The second-order valence-electron chi connectivity index (χ2n) is 6.91. The molecule has 0 aliphatic carbocycles. The Morgan fingerprint density at radius 1 is 1.19 bits per heavy atom. The minimum absolute atomic E-state index is 0.507. The van der Waals surface area contributed by atoms with E-state index in [2.05, 4.69) is 11.4 Å². The Morgan fingerprint density at radius 3 is 2.41 bits per heavy atom. The predicted molar refractivity (Wildman–Crippen MR) is 114 cm³/mol. The zero-order valence-corrected chi connectivity index (χ0v) is 17.6. The maximum atomic E-state index is 11.0. The van der Waals surface area contributed by atoms with E-state index in [-0.39, 0.29) is 0 Å². The molecule has 2 rings (SSSR count). The van der Waals surface area contributed by atoms with E-state index in [9.17, 15) is 4.79 Å². The number of benzene rings is 2. The summed E-state index contributed by atoms with van der Waals surface area (Å²) in [5.74, 6) is 0. The van der Waals surface area contributed by atoms with Gasteiger partial charge in [-0.2, -0.15) is 0 Å². The lowest BCUT2D eigenvalue weighted by Crippen LogP contribution is -2.40. The van der Waals surface area contributed by atoms with E-state index in [1.807, 2.05) is 57.2 Å². The predicted octanol–water partition coefficient (Wildman–Crippen LogP) is 5.91. The number of allylic oxidation sites excluding steroid dienone is 1. The van der Waals surface area contributed by atoms with Crippen LogP contribution in [0.1, 0.15) is 31.4 Å². The number of hydrogen-bond donors (Lipinski definition) is 1. The minimum Gasteiger partial charge on any atom is -0.385 e. The molecule has 2 aromatic rings. The van der Waals surface area contributed by atoms with Gasteiger partial charge in [-0.15, -0.1) is 0 Å². The molecular formula is C22H25Cl2NO2. The highest BCUT2D eigenvalue weighted by Crippen LogP contribution is 2.34. The molecule has 0 saturated heterocycles. The third-order valence-electron chi connectivity index (χ3n) is 4.61. The number of aryl methyl sites for hydroxylation is 1. The van der Waals surface area contributed by atoms with Gasteiger partial charge in [-0.05, 0) is 73.2 Å². The molecule has 0 spiro atoms. The summed E-state index contributed by atoms with van der Waals surface area (Å²) in [5.41, 5.74) is 4.65. The zero-order valence-electron chi connectivity index (χ0n) is 16.1. The molecule has 144 valence electrons. The lowest BCUT2D eigenvalue weighted by molar-refractivity contribution is -0.110. The summed E-state index contributed by atoms with van der Waals surface area (Å²) in [7, 11) is 1.65. The van der Waals surface area contributed by atoms with Crippen LogP contribution in [0.5, 0.6) is 0 Å². The first-order chi connectivity index (χ1) is 12.8. The molecule has 0 aromatic heterocycles. The second-order valence-corrected chi connectivity index (χ2v) is 7.75. The summed E-state index contributed by atoms with van der Waals surface area (Å²) in [6.45, 7) is 6.56. The van der Waals surface area contributed by atoms with E-state index < -0.39 is 5.54 Å². The van der Waals surface area contributed by atoms with E-state index in [4.69, 9.17) is 27.9 Å². The Bertz CT molecular complexity index is 808. The maximum Gasteiger partial charge on any atom is 0.207 e. The van der Waals surface area contributed by atoms with E-state index in [0.29, 0.717) is 23.1 Å². The van der Waals surface area contributed by atoms with Gasteiger partial charge in [-0.1, -0.05) is 47.5 Å². The molecular weight excluding hydrogens is 381 g/mol. The van der Waals surface area contributed by atoms with Crippen molar-refractivity contribution in [3.63, 3.8) is 0 Å². The lowest BCUT2D eigenvalue weighted by atomic mass is 9.90. The number of methoxy groups -OCH3 is 1. The Balaban J connectivity index is 2.42. The molecule has 5 heteroatoms. The first-order valence-corrected chi connectivity index (χ1v) is 9.51. The molecule has 27 heavy (non-hydrogen) atoms. The van der Waals surface area contributed by atoms with Crippen molar-refractivity contribution in [2.75, 3.05) is 13.7 Å². The highest BCUT2D eigenvalue weighted by molar-refractivity contribution is 6.33. The molecule has 1 atom stereocenters. The quantitative estimate of drug-likeness (QED) is 0.553. The molecule has 0 fully saturated rings. The lowest BCUT2D eigenvalue weighted by Gasteiger charge is -2.27. The fourth-order valence-electron chi connectivity index (χ4n) is 3.24. The van der Waals surface area contributed by atoms with Crippen LogP contribution in [0.4, 0.5) is 0 Å². The van der Waals surface area contributed by atoms with Gasteiger partial charge < -0.3 is 10.1 Å². The van der Waals surface area contributed by atoms with Crippen molar-refractivity contribution >= 4 is 35.2 Å². The zero-order chi connectivity index (χ0) is 20.0. The van der Waals surface area contributed by atoms with Crippen molar-refractivity contribution in [2.24, 2.45) is 0 Å². The van der Waals surface area contributed by atoms with Gasteiger partial charge in [0.25, 0.3) is 0 Å². The van der Waals surface area contributed by atoms with Crippen molar-refractivity contribution < 1.29 is 9.53 Å². The third-order valence-corrected chi connectivity index (χ3v) is 5.16. The van der Waals surface area contributed by atoms with Crippen molar-refractivity contribution in [3.05, 3.63) is 63.6 Å². The molecule has 1 amide bonds. The van der Waals surface area contributed by atoms with Crippen LogP contribution in [0.15, 0.2) is 42.5 Å². The number of rotatable bonds is 8.